The Hall–Kier alpha value is -6.78. The van der Waals surface area contributed by atoms with Crippen molar-refractivity contribution in [2.75, 3.05) is 0 Å². The molecule has 0 saturated carbocycles. The summed E-state index contributed by atoms with van der Waals surface area (Å²) in [5.74, 6) is 0. The highest BCUT2D eigenvalue weighted by Crippen LogP contribution is 2.39. The van der Waals surface area contributed by atoms with Crippen LogP contribution in [0.25, 0.3) is 92.1 Å². The fourth-order valence-corrected chi connectivity index (χ4v) is 7.33. The van der Waals surface area contributed by atoms with E-state index in [2.05, 4.69) is 167 Å². The van der Waals surface area contributed by atoms with Gasteiger partial charge in [-0.25, -0.2) is 0 Å². The number of allylic oxidation sites excluding steroid dienone is 3. The third-order valence-corrected chi connectivity index (χ3v) is 9.57. The number of hydrogen-bond acceptors (Lipinski definition) is 2. The highest BCUT2D eigenvalue weighted by molar-refractivity contribution is 5.96. The Morgan fingerprint density at radius 1 is 0.453 bits per heavy atom. The van der Waals surface area contributed by atoms with E-state index in [9.17, 15) is 0 Å². The van der Waals surface area contributed by atoms with Gasteiger partial charge in [-0.05, 0) is 139 Å². The van der Waals surface area contributed by atoms with Crippen molar-refractivity contribution in [2.24, 2.45) is 0 Å². The van der Waals surface area contributed by atoms with Gasteiger partial charge in [-0.15, -0.1) is 0 Å². The van der Waals surface area contributed by atoms with Crippen LogP contribution in [-0.4, -0.2) is 19.1 Å². The maximum Gasteiger partial charge on any atom is 0.0541 e. The van der Waals surface area contributed by atoms with Crippen LogP contribution in [0.3, 0.4) is 0 Å². The first kappa shape index (κ1) is 34.7. The Morgan fingerprint density at radius 3 is 1.34 bits per heavy atom. The first-order valence-corrected chi connectivity index (χ1v) is 17.8. The zero-order valence-corrected chi connectivity index (χ0v) is 30.5. The highest BCUT2D eigenvalue weighted by atomic mass is 15.0. The lowest BCUT2D eigenvalue weighted by molar-refractivity contribution is 1.03. The van der Waals surface area contributed by atoms with E-state index in [1.165, 1.54) is 0 Å². The van der Waals surface area contributed by atoms with Gasteiger partial charge in [0.15, 0.2) is 0 Å². The van der Waals surface area contributed by atoms with Crippen LogP contribution in [0.4, 0.5) is 0 Å². The Morgan fingerprint density at radius 2 is 0.868 bits per heavy atom. The molecule has 258 valence electrons. The van der Waals surface area contributed by atoms with Crippen molar-refractivity contribution < 1.29 is 0 Å². The molecule has 0 unspecified atom stereocenters. The standard InChI is InChI=1S/C49H42N4/c1-7-15-46-42(10-4)43(11-5)47(16-8-2)52(46)40-31-39(32-41(33-40)53-48(17-9-3)44(12-6)45-18-13-14-19-49(45)53)38-29-36(34-20-24-50-25-21-34)28-37(30-38)35-22-26-51-27-23-35/h7-33H,4-6H2,1-3H3/b15-7-,16-8-,17-9-. The maximum atomic E-state index is 4.30. The van der Waals surface area contributed by atoms with Gasteiger partial charge in [-0.1, -0.05) is 74.4 Å². The van der Waals surface area contributed by atoms with Crippen molar-refractivity contribution in [3.05, 3.63) is 181 Å². The molecule has 7 aromatic rings. The van der Waals surface area contributed by atoms with Gasteiger partial charge in [-0.2, -0.15) is 0 Å². The maximum absolute atomic E-state index is 4.30. The van der Waals surface area contributed by atoms with Gasteiger partial charge in [0.25, 0.3) is 0 Å². The Kier molecular flexibility index (Phi) is 9.95. The summed E-state index contributed by atoms with van der Waals surface area (Å²) < 4.78 is 4.68. The van der Waals surface area contributed by atoms with E-state index in [0.717, 1.165) is 89.4 Å². The molecule has 3 aromatic carbocycles. The fourth-order valence-electron chi connectivity index (χ4n) is 7.33. The Bertz CT molecular complexity index is 2470. The lowest BCUT2D eigenvalue weighted by atomic mass is 9.93. The normalized spacial score (nSPS) is 11.7. The summed E-state index contributed by atoms with van der Waals surface area (Å²) in [5.41, 5.74) is 16.0. The van der Waals surface area contributed by atoms with Gasteiger partial charge in [-0.3, -0.25) is 9.97 Å². The van der Waals surface area contributed by atoms with Crippen molar-refractivity contribution in [3.8, 4) is 44.8 Å². The molecule has 4 nitrogen and oxygen atoms in total. The van der Waals surface area contributed by atoms with Crippen LogP contribution < -0.4 is 0 Å². The summed E-state index contributed by atoms with van der Waals surface area (Å²) in [6.07, 6.45) is 25.9. The van der Waals surface area contributed by atoms with Crippen LogP contribution in [0.2, 0.25) is 0 Å². The van der Waals surface area contributed by atoms with Crippen LogP contribution in [0.1, 0.15) is 54.5 Å². The van der Waals surface area contributed by atoms with Crippen LogP contribution in [0.5, 0.6) is 0 Å². The second-order valence-electron chi connectivity index (χ2n) is 12.7. The molecule has 0 aliphatic heterocycles. The molecule has 4 aromatic heterocycles. The average Bonchev–Trinajstić information content (AvgIpc) is 3.69. The van der Waals surface area contributed by atoms with Crippen LogP contribution in [0.15, 0.2) is 148 Å². The Labute approximate surface area is 312 Å². The highest BCUT2D eigenvalue weighted by Gasteiger charge is 2.21. The van der Waals surface area contributed by atoms with E-state index >= 15 is 0 Å². The van der Waals surface area contributed by atoms with Crippen molar-refractivity contribution in [3.63, 3.8) is 0 Å². The molecule has 0 aliphatic carbocycles. The first-order valence-electron chi connectivity index (χ1n) is 17.8. The van der Waals surface area contributed by atoms with E-state index in [0.29, 0.717) is 0 Å². The van der Waals surface area contributed by atoms with E-state index in [1.54, 1.807) is 0 Å². The molecule has 0 bridgehead atoms. The van der Waals surface area contributed by atoms with Crippen molar-refractivity contribution >= 4 is 47.4 Å². The molecular weight excluding hydrogens is 645 g/mol. The summed E-state index contributed by atoms with van der Waals surface area (Å²) in [4.78, 5) is 8.60. The molecule has 0 atom stereocenters. The van der Waals surface area contributed by atoms with Crippen molar-refractivity contribution in [1.29, 1.82) is 0 Å². The zero-order chi connectivity index (χ0) is 36.9. The number of hydrogen-bond donors (Lipinski definition) is 0. The van der Waals surface area contributed by atoms with E-state index < -0.39 is 0 Å². The number of fused-ring (bicyclic) bond motifs is 1. The van der Waals surface area contributed by atoms with E-state index in [4.69, 9.17) is 0 Å². The number of pyridine rings is 2. The molecule has 53 heavy (non-hydrogen) atoms. The van der Waals surface area contributed by atoms with Gasteiger partial charge < -0.3 is 9.13 Å². The Balaban J connectivity index is 1.63. The molecule has 4 heterocycles. The lowest BCUT2D eigenvalue weighted by Crippen LogP contribution is -2.04. The fraction of sp³-hybridized carbons (Fsp3) is 0.0612. The molecule has 0 radical (unpaired) electrons. The summed E-state index contributed by atoms with van der Waals surface area (Å²) in [5, 5.41) is 1.15. The first-order chi connectivity index (χ1) is 26.0. The smallest absolute Gasteiger partial charge is 0.0541 e. The number of benzene rings is 3. The number of para-hydroxylation sites is 1. The van der Waals surface area contributed by atoms with Crippen LogP contribution in [0, 0.1) is 0 Å². The third kappa shape index (κ3) is 6.36. The van der Waals surface area contributed by atoms with Gasteiger partial charge in [0.1, 0.15) is 0 Å². The molecule has 0 spiro atoms. The SMILES string of the molecule is C=Cc1c(C=C)c(/C=C\C)n(-c2cc(-c3cc(-c4ccncc4)cc(-c4ccncc4)c3)cc(-n3c(/C=C\C)c(C=C)c4ccccc43)c2)c1/C=C\C. The minimum atomic E-state index is 1.01. The molecule has 7 rings (SSSR count). The molecule has 0 aliphatic rings. The van der Waals surface area contributed by atoms with Gasteiger partial charge in [0.05, 0.1) is 22.6 Å². The molecule has 0 saturated heterocycles. The largest absolute Gasteiger partial charge is 0.309 e. The molecule has 4 heteroatoms. The van der Waals surface area contributed by atoms with Crippen molar-refractivity contribution in [2.45, 2.75) is 20.8 Å². The average molecular weight is 687 g/mol. The van der Waals surface area contributed by atoms with Gasteiger partial charge >= 0.3 is 0 Å². The zero-order valence-electron chi connectivity index (χ0n) is 30.5. The molecular formula is C49H42N4. The second kappa shape index (κ2) is 15.2. The molecule has 0 N–H and O–H groups in total. The van der Waals surface area contributed by atoms with Crippen LogP contribution in [-0.2, 0) is 0 Å². The van der Waals surface area contributed by atoms with Crippen molar-refractivity contribution in [1.82, 2.24) is 19.1 Å². The van der Waals surface area contributed by atoms with E-state index in [-0.39, 0.29) is 0 Å². The van der Waals surface area contributed by atoms with Crippen LogP contribution >= 0.6 is 0 Å². The number of rotatable bonds is 11. The summed E-state index contributed by atoms with van der Waals surface area (Å²) in [6.45, 7) is 18.8. The number of nitrogens with zero attached hydrogens (tertiary/aromatic N) is 4. The lowest BCUT2D eigenvalue weighted by Gasteiger charge is -2.18. The summed E-state index contributed by atoms with van der Waals surface area (Å²) in [6, 6.07) is 30.5. The summed E-state index contributed by atoms with van der Waals surface area (Å²) >= 11 is 0. The monoisotopic (exact) mass is 686 g/mol. The topological polar surface area (TPSA) is 35.6 Å². The minimum absolute atomic E-state index is 1.01. The van der Waals surface area contributed by atoms with Gasteiger partial charge in [0, 0.05) is 58.2 Å². The second-order valence-corrected chi connectivity index (χ2v) is 12.7. The minimum Gasteiger partial charge on any atom is -0.309 e. The molecule has 0 fully saturated rings. The predicted octanol–water partition coefficient (Wildman–Crippen LogP) is 13.2. The van der Waals surface area contributed by atoms with Gasteiger partial charge in [0.2, 0.25) is 0 Å². The third-order valence-electron chi connectivity index (χ3n) is 9.57. The number of aromatic nitrogens is 4. The quantitative estimate of drug-likeness (QED) is 0.136. The van der Waals surface area contributed by atoms with E-state index in [1.807, 2.05) is 56.9 Å². The predicted molar refractivity (Wildman–Crippen MR) is 229 cm³/mol. The summed E-state index contributed by atoms with van der Waals surface area (Å²) in [7, 11) is 0. The molecule has 0 amide bonds.